The average molecular weight is 414 g/mol. The first-order valence-corrected chi connectivity index (χ1v) is 10.6. The number of carbonyl (C=O) groups excluding carboxylic acids is 1. The zero-order chi connectivity index (χ0) is 21.0. The molecule has 8 nitrogen and oxygen atoms in total. The standard InChI is InChI=1S/C20H22N4O4S/c1-4-24(5-2)29(26,27)17-12-10-15(11-13-17)18(25)21-20-23-22-19(28-20)16-8-6-14(3)7-9-16/h6-13H,4-5H2,1-3H3,(H,21,23,25). The van der Waals surface area contributed by atoms with Gasteiger partial charge in [0.15, 0.2) is 0 Å². The van der Waals surface area contributed by atoms with Crippen molar-refractivity contribution in [2.75, 3.05) is 18.4 Å². The Labute approximate surface area is 169 Å². The Morgan fingerprint density at radius 3 is 2.21 bits per heavy atom. The van der Waals surface area contributed by atoms with E-state index in [-0.39, 0.29) is 16.5 Å². The number of hydrogen-bond acceptors (Lipinski definition) is 6. The Kier molecular flexibility index (Phi) is 6.09. The van der Waals surface area contributed by atoms with E-state index in [9.17, 15) is 13.2 Å². The Morgan fingerprint density at radius 2 is 1.62 bits per heavy atom. The number of nitrogens with one attached hydrogen (secondary N) is 1. The topological polar surface area (TPSA) is 105 Å². The molecule has 1 amide bonds. The summed E-state index contributed by atoms with van der Waals surface area (Å²) >= 11 is 0. The molecule has 29 heavy (non-hydrogen) atoms. The maximum Gasteiger partial charge on any atom is 0.322 e. The minimum Gasteiger partial charge on any atom is -0.403 e. The van der Waals surface area contributed by atoms with Gasteiger partial charge in [-0.05, 0) is 43.3 Å². The van der Waals surface area contributed by atoms with E-state index in [1.807, 2.05) is 31.2 Å². The summed E-state index contributed by atoms with van der Waals surface area (Å²) in [5.41, 5.74) is 2.13. The van der Waals surface area contributed by atoms with E-state index in [4.69, 9.17) is 4.42 Å². The van der Waals surface area contributed by atoms with Crippen molar-refractivity contribution in [3.63, 3.8) is 0 Å². The van der Waals surface area contributed by atoms with Gasteiger partial charge in [-0.25, -0.2) is 8.42 Å². The second-order valence-electron chi connectivity index (χ2n) is 6.35. The molecular weight excluding hydrogens is 392 g/mol. The smallest absolute Gasteiger partial charge is 0.322 e. The number of aryl methyl sites for hydroxylation is 1. The predicted molar refractivity (Wildman–Crippen MR) is 109 cm³/mol. The first-order valence-electron chi connectivity index (χ1n) is 9.17. The molecule has 1 N–H and O–H groups in total. The number of carbonyl (C=O) groups is 1. The highest BCUT2D eigenvalue weighted by atomic mass is 32.2. The van der Waals surface area contributed by atoms with E-state index < -0.39 is 15.9 Å². The summed E-state index contributed by atoms with van der Waals surface area (Å²) in [6.07, 6.45) is 0. The van der Waals surface area contributed by atoms with Crippen molar-refractivity contribution in [3.05, 3.63) is 59.7 Å². The number of sulfonamides is 1. The fourth-order valence-electron chi connectivity index (χ4n) is 2.75. The summed E-state index contributed by atoms with van der Waals surface area (Å²) in [5, 5.41) is 10.3. The lowest BCUT2D eigenvalue weighted by Gasteiger charge is -2.18. The highest BCUT2D eigenvalue weighted by Crippen LogP contribution is 2.21. The van der Waals surface area contributed by atoms with Crippen LogP contribution in [0.3, 0.4) is 0 Å². The van der Waals surface area contributed by atoms with Crippen molar-refractivity contribution in [2.45, 2.75) is 25.7 Å². The predicted octanol–water partition coefficient (Wildman–Crippen LogP) is 3.33. The molecule has 0 fully saturated rings. The summed E-state index contributed by atoms with van der Waals surface area (Å²) in [7, 11) is -3.57. The normalized spacial score (nSPS) is 11.6. The van der Waals surface area contributed by atoms with Crippen molar-refractivity contribution < 1.29 is 17.6 Å². The van der Waals surface area contributed by atoms with Gasteiger partial charge in [-0.1, -0.05) is 36.6 Å². The summed E-state index contributed by atoms with van der Waals surface area (Å²) in [4.78, 5) is 12.5. The average Bonchev–Trinajstić information content (AvgIpc) is 3.17. The van der Waals surface area contributed by atoms with Gasteiger partial charge in [0, 0.05) is 24.2 Å². The lowest BCUT2D eigenvalue weighted by molar-refractivity contribution is 0.102. The molecule has 3 aromatic rings. The van der Waals surface area contributed by atoms with Crippen LogP contribution in [0.1, 0.15) is 29.8 Å². The van der Waals surface area contributed by atoms with Gasteiger partial charge in [-0.2, -0.15) is 4.31 Å². The van der Waals surface area contributed by atoms with Crippen LogP contribution in [0.5, 0.6) is 0 Å². The third-order valence-electron chi connectivity index (χ3n) is 4.40. The highest BCUT2D eigenvalue weighted by Gasteiger charge is 2.22. The molecule has 0 unspecified atom stereocenters. The molecule has 2 aromatic carbocycles. The molecule has 0 radical (unpaired) electrons. The quantitative estimate of drug-likeness (QED) is 0.636. The van der Waals surface area contributed by atoms with Crippen molar-refractivity contribution in [1.29, 1.82) is 0 Å². The van der Waals surface area contributed by atoms with Crippen molar-refractivity contribution in [1.82, 2.24) is 14.5 Å². The lowest BCUT2D eigenvalue weighted by Crippen LogP contribution is -2.30. The Morgan fingerprint density at radius 1 is 1.00 bits per heavy atom. The van der Waals surface area contributed by atoms with Gasteiger partial charge < -0.3 is 4.42 Å². The number of anilines is 1. The molecule has 0 spiro atoms. The Bertz CT molecular complexity index is 1090. The molecule has 1 aromatic heterocycles. The van der Waals surface area contributed by atoms with Crippen LogP contribution in [0, 0.1) is 6.92 Å². The zero-order valence-electron chi connectivity index (χ0n) is 16.4. The van der Waals surface area contributed by atoms with Crippen LogP contribution >= 0.6 is 0 Å². The summed E-state index contributed by atoms with van der Waals surface area (Å²) in [5.74, 6) is -0.183. The number of aromatic nitrogens is 2. The second-order valence-corrected chi connectivity index (χ2v) is 8.28. The lowest BCUT2D eigenvalue weighted by atomic mass is 10.1. The van der Waals surface area contributed by atoms with Gasteiger partial charge >= 0.3 is 6.01 Å². The van der Waals surface area contributed by atoms with Crippen LogP contribution in [0.15, 0.2) is 57.8 Å². The van der Waals surface area contributed by atoms with E-state index in [0.29, 0.717) is 19.0 Å². The van der Waals surface area contributed by atoms with E-state index >= 15 is 0 Å². The van der Waals surface area contributed by atoms with Gasteiger partial charge in [0.2, 0.25) is 15.9 Å². The summed E-state index contributed by atoms with van der Waals surface area (Å²) in [6.45, 7) is 6.28. The fraction of sp³-hybridized carbons (Fsp3) is 0.250. The molecule has 0 bridgehead atoms. The summed E-state index contributed by atoms with van der Waals surface area (Å²) < 4.78 is 31.9. The highest BCUT2D eigenvalue weighted by molar-refractivity contribution is 7.89. The third-order valence-corrected chi connectivity index (χ3v) is 6.47. The van der Waals surface area contributed by atoms with E-state index in [1.54, 1.807) is 13.8 Å². The second kappa shape index (κ2) is 8.54. The SMILES string of the molecule is CCN(CC)S(=O)(=O)c1ccc(C(=O)Nc2nnc(-c3ccc(C)cc3)o2)cc1. The monoisotopic (exact) mass is 414 g/mol. The molecule has 9 heteroatoms. The molecule has 3 rings (SSSR count). The first-order chi connectivity index (χ1) is 13.8. The largest absolute Gasteiger partial charge is 0.403 e. The van der Waals surface area contributed by atoms with Crippen LogP contribution in [0.4, 0.5) is 6.01 Å². The van der Waals surface area contributed by atoms with Gasteiger partial charge in [0.05, 0.1) is 4.90 Å². The maximum atomic E-state index is 12.5. The van der Waals surface area contributed by atoms with Crippen LogP contribution in [-0.4, -0.2) is 41.9 Å². The van der Waals surface area contributed by atoms with E-state index in [1.165, 1.54) is 28.6 Å². The summed E-state index contributed by atoms with van der Waals surface area (Å²) in [6, 6.07) is 13.2. The van der Waals surface area contributed by atoms with Crippen LogP contribution in [-0.2, 0) is 10.0 Å². The number of hydrogen-bond donors (Lipinski definition) is 1. The van der Waals surface area contributed by atoms with E-state index in [0.717, 1.165) is 11.1 Å². The number of benzene rings is 2. The maximum absolute atomic E-state index is 12.5. The number of amides is 1. The van der Waals surface area contributed by atoms with Crippen LogP contribution < -0.4 is 5.32 Å². The van der Waals surface area contributed by atoms with Gasteiger partial charge in [0.25, 0.3) is 5.91 Å². The molecule has 0 atom stereocenters. The molecule has 0 aliphatic rings. The van der Waals surface area contributed by atoms with E-state index in [2.05, 4.69) is 15.5 Å². The molecule has 0 saturated heterocycles. The molecular formula is C20H22N4O4S. The van der Waals surface area contributed by atoms with Gasteiger partial charge in [0.1, 0.15) is 0 Å². The molecule has 1 heterocycles. The van der Waals surface area contributed by atoms with Crippen molar-refractivity contribution >= 4 is 21.9 Å². The van der Waals surface area contributed by atoms with Crippen LogP contribution in [0.25, 0.3) is 11.5 Å². The number of rotatable bonds is 7. The minimum absolute atomic E-state index is 0.0367. The van der Waals surface area contributed by atoms with Crippen molar-refractivity contribution in [2.24, 2.45) is 0 Å². The molecule has 0 saturated carbocycles. The molecule has 0 aliphatic carbocycles. The van der Waals surface area contributed by atoms with Gasteiger partial charge in [-0.15, -0.1) is 5.10 Å². The zero-order valence-corrected chi connectivity index (χ0v) is 17.2. The Hall–Kier alpha value is -3.04. The molecule has 152 valence electrons. The number of nitrogens with zero attached hydrogens (tertiary/aromatic N) is 3. The first kappa shape index (κ1) is 20.7. The van der Waals surface area contributed by atoms with Crippen molar-refractivity contribution in [3.8, 4) is 11.5 Å². The van der Waals surface area contributed by atoms with Crippen LogP contribution in [0.2, 0.25) is 0 Å². The van der Waals surface area contributed by atoms with Gasteiger partial charge in [-0.3, -0.25) is 10.1 Å². The fourth-order valence-corrected chi connectivity index (χ4v) is 4.20. The minimum atomic E-state index is -3.57. The third kappa shape index (κ3) is 4.52. The molecule has 0 aliphatic heterocycles. The Balaban J connectivity index is 1.72.